The molecule has 1 atom stereocenters. The molecule has 0 aromatic heterocycles. The first-order valence-electron chi connectivity index (χ1n) is 6.37. The van der Waals surface area contributed by atoms with E-state index >= 15 is 0 Å². The highest BCUT2D eigenvalue weighted by atomic mass is 15.2. The Labute approximate surface area is 104 Å². The first-order chi connectivity index (χ1) is 8.14. The monoisotopic (exact) mass is 230 g/mol. The number of hydrogen-bond acceptors (Lipinski definition) is 2. The van der Waals surface area contributed by atoms with Crippen LogP contribution in [0.25, 0.3) is 0 Å². The van der Waals surface area contributed by atoms with E-state index in [4.69, 9.17) is 0 Å². The fourth-order valence-electron chi connectivity index (χ4n) is 2.66. The van der Waals surface area contributed by atoms with Gasteiger partial charge in [0.1, 0.15) is 0 Å². The third-order valence-corrected chi connectivity index (χ3v) is 3.86. The Bertz CT molecular complexity index is 381. The van der Waals surface area contributed by atoms with Gasteiger partial charge in [-0.2, -0.15) is 0 Å². The molecule has 0 aliphatic carbocycles. The van der Waals surface area contributed by atoms with Crippen LogP contribution in [0.2, 0.25) is 0 Å². The normalized spacial score (nSPS) is 22.4. The predicted molar refractivity (Wildman–Crippen MR) is 73.6 cm³/mol. The van der Waals surface area contributed by atoms with E-state index < -0.39 is 0 Å². The second-order valence-electron chi connectivity index (χ2n) is 5.33. The van der Waals surface area contributed by atoms with Crippen LogP contribution in [0.15, 0.2) is 35.3 Å². The molecule has 1 aliphatic rings. The van der Waals surface area contributed by atoms with Crippen LogP contribution < -0.4 is 0 Å². The number of benzene rings is 1. The van der Waals surface area contributed by atoms with E-state index in [9.17, 15) is 0 Å². The van der Waals surface area contributed by atoms with Crippen LogP contribution in [0.3, 0.4) is 0 Å². The minimum absolute atomic E-state index is 0.123. The molecule has 0 spiro atoms. The predicted octanol–water partition coefficient (Wildman–Crippen LogP) is 2.94. The fraction of sp³-hybridized carbons (Fsp3) is 0.533. The van der Waals surface area contributed by atoms with Gasteiger partial charge in [-0.05, 0) is 32.4 Å². The van der Waals surface area contributed by atoms with Gasteiger partial charge < -0.3 is 4.99 Å². The molecule has 1 unspecified atom stereocenters. The molecule has 1 saturated heterocycles. The minimum atomic E-state index is 0.123. The van der Waals surface area contributed by atoms with E-state index in [-0.39, 0.29) is 5.54 Å². The Morgan fingerprint density at radius 1 is 1.29 bits per heavy atom. The van der Waals surface area contributed by atoms with E-state index in [0.717, 1.165) is 6.54 Å². The van der Waals surface area contributed by atoms with Crippen molar-refractivity contribution >= 4 is 6.21 Å². The quantitative estimate of drug-likeness (QED) is 0.729. The summed E-state index contributed by atoms with van der Waals surface area (Å²) in [6.45, 7) is 6.92. The zero-order chi connectivity index (χ0) is 12.3. The van der Waals surface area contributed by atoms with Crippen LogP contribution in [-0.2, 0) is 5.54 Å². The largest absolute Gasteiger partial charge is 0.301 e. The average molecular weight is 230 g/mol. The molecular weight excluding hydrogens is 208 g/mol. The SMILES string of the molecule is CN=CC1CCN(C(C)(C)c2ccccc2)C1. The molecule has 0 radical (unpaired) electrons. The molecule has 92 valence electrons. The Morgan fingerprint density at radius 3 is 2.65 bits per heavy atom. The Morgan fingerprint density at radius 2 is 2.00 bits per heavy atom. The van der Waals surface area contributed by atoms with Crippen LogP contribution in [0.5, 0.6) is 0 Å². The fourth-order valence-corrected chi connectivity index (χ4v) is 2.66. The molecule has 0 saturated carbocycles. The summed E-state index contributed by atoms with van der Waals surface area (Å²) >= 11 is 0. The lowest BCUT2D eigenvalue weighted by Gasteiger charge is -2.36. The van der Waals surface area contributed by atoms with Gasteiger partial charge in [0.2, 0.25) is 0 Å². The maximum atomic E-state index is 4.16. The molecule has 1 heterocycles. The van der Waals surface area contributed by atoms with Crippen molar-refractivity contribution in [3.63, 3.8) is 0 Å². The summed E-state index contributed by atoms with van der Waals surface area (Å²) in [7, 11) is 1.87. The first-order valence-corrected chi connectivity index (χ1v) is 6.37. The molecule has 0 amide bonds. The third-order valence-electron chi connectivity index (χ3n) is 3.86. The number of nitrogens with zero attached hydrogens (tertiary/aromatic N) is 2. The molecule has 1 aromatic rings. The maximum Gasteiger partial charge on any atom is 0.0404 e. The zero-order valence-electron chi connectivity index (χ0n) is 11.1. The first kappa shape index (κ1) is 12.3. The highest BCUT2D eigenvalue weighted by molar-refractivity contribution is 5.61. The van der Waals surface area contributed by atoms with Crippen molar-refractivity contribution in [2.75, 3.05) is 20.1 Å². The third kappa shape index (κ3) is 2.58. The summed E-state index contributed by atoms with van der Waals surface area (Å²) in [5.41, 5.74) is 1.52. The Kier molecular flexibility index (Phi) is 3.63. The smallest absolute Gasteiger partial charge is 0.0404 e. The van der Waals surface area contributed by atoms with E-state index in [1.807, 2.05) is 7.05 Å². The summed E-state index contributed by atoms with van der Waals surface area (Å²) in [5.74, 6) is 0.628. The molecule has 2 heteroatoms. The van der Waals surface area contributed by atoms with E-state index in [2.05, 4.69) is 60.3 Å². The molecule has 1 fully saturated rings. The van der Waals surface area contributed by atoms with Crippen LogP contribution in [0, 0.1) is 5.92 Å². The Hall–Kier alpha value is -1.15. The van der Waals surface area contributed by atoms with Gasteiger partial charge >= 0.3 is 0 Å². The standard InChI is InChI=1S/C15H22N2/c1-15(2,14-7-5-4-6-8-14)17-10-9-13(12-17)11-16-3/h4-8,11,13H,9-10,12H2,1-3H3. The Balaban J connectivity index is 2.12. The lowest BCUT2D eigenvalue weighted by atomic mass is 9.92. The van der Waals surface area contributed by atoms with Crippen LogP contribution in [0.4, 0.5) is 0 Å². The number of rotatable bonds is 3. The molecule has 1 aliphatic heterocycles. The molecule has 17 heavy (non-hydrogen) atoms. The average Bonchev–Trinajstić information content (AvgIpc) is 2.80. The van der Waals surface area contributed by atoms with E-state index in [0.29, 0.717) is 5.92 Å². The molecule has 0 bridgehead atoms. The van der Waals surface area contributed by atoms with Crippen molar-refractivity contribution in [1.29, 1.82) is 0 Å². The molecule has 1 aromatic carbocycles. The maximum absolute atomic E-state index is 4.16. The van der Waals surface area contributed by atoms with Gasteiger partial charge in [-0.25, -0.2) is 0 Å². The van der Waals surface area contributed by atoms with E-state index in [1.165, 1.54) is 18.5 Å². The van der Waals surface area contributed by atoms with Crippen molar-refractivity contribution < 1.29 is 0 Å². The lowest BCUT2D eigenvalue weighted by molar-refractivity contribution is 0.153. The van der Waals surface area contributed by atoms with Gasteiger partial charge in [-0.15, -0.1) is 0 Å². The number of hydrogen-bond donors (Lipinski definition) is 0. The van der Waals surface area contributed by atoms with Crippen molar-refractivity contribution in [3.8, 4) is 0 Å². The highest BCUT2D eigenvalue weighted by Crippen LogP contribution is 2.32. The number of aliphatic imine (C=N–C) groups is 1. The molecule has 0 N–H and O–H groups in total. The summed E-state index contributed by atoms with van der Waals surface area (Å²) in [5, 5.41) is 0. The van der Waals surface area contributed by atoms with Gasteiger partial charge in [-0.3, -0.25) is 4.90 Å². The van der Waals surface area contributed by atoms with Crippen LogP contribution in [0.1, 0.15) is 25.8 Å². The lowest BCUT2D eigenvalue weighted by Crippen LogP contribution is -2.39. The van der Waals surface area contributed by atoms with Crippen molar-refractivity contribution in [3.05, 3.63) is 35.9 Å². The van der Waals surface area contributed by atoms with Gasteiger partial charge in [0.05, 0.1) is 0 Å². The summed E-state index contributed by atoms with van der Waals surface area (Å²) in [4.78, 5) is 6.72. The van der Waals surface area contributed by atoms with Gasteiger partial charge in [0.15, 0.2) is 0 Å². The van der Waals surface area contributed by atoms with Crippen molar-refractivity contribution in [1.82, 2.24) is 4.90 Å². The van der Waals surface area contributed by atoms with Crippen molar-refractivity contribution in [2.24, 2.45) is 10.9 Å². The van der Waals surface area contributed by atoms with Crippen LogP contribution >= 0.6 is 0 Å². The summed E-state index contributed by atoms with van der Waals surface area (Å²) < 4.78 is 0. The van der Waals surface area contributed by atoms with Crippen LogP contribution in [-0.4, -0.2) is 31.3 Å². The summed E-state index contributed by atoms with van der Waals surface area (Å²) in [6.07, 6.45) is 3.33. The van der Waals surface area contributed by atoms with E-state index in [1.54, 1.807) is 0 Å². The highest BCUT2D eigenvalue weighted by Gasteiger charge is 2.33. The topological polar surface area (TPSA) is 15.6 Å². The second kappa shape index (κ2) is 5.01. The van der Waals surface area contributed by atoms with Crippen molar-refractivity contribution in [2.45, 2.75) is 25.8 Å². The van der Waals surface area contributed by atoms with Gasteiger partial charge in [0, 0.05) is 31.3 Å². The summed E-state index contributed by atoms with van der Waals surface area (Å²) in [6, 6.07) is 10.8. The number of likely N-dealkylation sites (tertiary alicyclic amines) is 1. The molecule has 2 rings (SSSR count). The second-order valence-corrected chi connectivity index (χ2v) is 5.33. The van der Waals surface area contributed by atoms with Gasteiger partial charge in [0.25, 0.3) is 0 Å². The zero-order valence-corrected chi connectivity index (χ0v) is 11.1. The minimum Gasteiger partial charge on any atom is -0.301 e. The van der Waals surface area contributed by atoms with Gasteiger partial charge in [-0.1, -0.05) is 30.3 Å². The molecule has 2 nitrogen and oxygen atoms in total. The molecular formula is C15H22N2.